The zero-order valence-electron chi connectivity index (χ0n) is 10.6. The first-order chi connectivity index (χ1) is 8.78. The number of amides is 1. The molecule has 0 aromatic heterocycles. The third-order valence-electron chi connectivity index (χ3n) is 2.74. The van der Waals surface area contributed by atoms with Gasteiger partial charge in [-0.05, 0) is 30.7 Å². The number of alkyl halides is 2. The lowest BCUT2D eigenvalue weighted by Crippen LogP contribution is -2.19. The molecule has 0 aliphatic carbocycles. The van der Waals surface area contributed by atoms with E-state index >= 15 is 0 Å². The van der Waals surface area contributed by atoms with Crippen LogP contribution in [-0.2, 0) is 14.6 Å². The number of rotatable bonds is 5. The SMILES string of the molecule is CC[C@H](C)C(=O)Nc1ccc(S(=O)(=O)C(F)F)cc1. The predicted octanol–water partition coefficient (Wildman–Crippen LogP) is 2.67. The Morgan fingerprint density at radius 2 is 1.79 bits per heavy atom. The number of anilines is 1. The second-order valence-corrected chi connectivity index (χ2v) is 6.05. The summed E-state index contributed by atoms with van der Waals surface area (Å²) >= 11 is 0. The molecule has 0 saturated heterocycles. The van der Waals surface area contributed by atoms with Gasteiger partial charge in [-0.1, -0.05) is 13.8 Å². The highest BCUT2D eigenvalue weighted by Crippen LogP contribution is 2.20. The quantitative estimate of drug-likeness (QED) is 0.907. The summed E-state index contributed by atoms with van der Waals surface area (Å²) in [5.41, 5.74) is 0.374. The van der Waals surface area contributed by atoms with Crippen LogP contribution in [0.3, 0.4) is 0 Å². The van der Waals surface area contributed by atoms with Crippen molar-refractivity contribution >= 4 is 21.4 Å². The molecule has 1 rings (SSSR count). The average Bonchev–Trinajstić information content (AvgIpc) is 2.38. The van der Waals surface area contributed by atoms with Crippen molar-refractivity contribution in [1.82, 2.24) is 0 Å². The minimum absolute atomic E-state index is 0.176. The van der Waals surface area contributed by atoms with Gasteiger partial charge in [0.05, 0.1) is 4.90 Å². The van der Waals surface area contributed by atoms with Crippen LogP contribution in [0.25, 0.3) is 0 Å². The van der Waals surface area contributed by atoms with Crippen molar-refractivity contribution < 1.29 is 22.0 Å². The van der Waals surface area contributed by atoms with Crippen molar-refractivity contribution in [3.63, 3.8) is 0 Å². The lowest BCUT2D eigenvalue weighted by molar-refractivity contribution is -0.119. The Bertz CT molecular complexity index is 541. The molecule has 19 heavy (non-hydrogen) atoms. The van der Waals surface area contributed by atoms with Gasteiger partial charge >= 0.3 is 5.76 Å². The summed E-state index contributed by atoms with van der Waals surface area (Å²) in [6.07, 6.45) is 0.670. The molecule has 0 spiro atoms. The molecule has 0 saturated carbocycles. The van der Waals surface area contributed by atoms with Crippen LogP contribution in [0.2, 0.25) is 0 Å². The van der Waals surface area contributed by atoms with Gasteiger partial charge in [-0.15, -0.1) is 0 Å². The molecular formula is C12H15F2NO3S. The Hall–Kier alpha value is -1.50. The van der Waals surface area contributed by atoms with Gasteiger partial charge in [0.15, 0.2) is 0 Å². The number of nitrogens with one attached hydrogen (secondary N) is 1. The lowest BCUT2D eigenvalue weighted by Gasteiger charge is -2.10. The normalized spacial score (nSPS) is 13.3. The maximum absolute atomic E-state index is 12.3. The molecule has 1 N–H and O–H groups in total. The van der Waals surface area contributed by atoms with E-state index in [1.807, 2.05) is 6.92 Å². The van der Waals surface area contributed by atoms with Crippen molar-refractivity contribution in [1.29, 1.82) is 0 Å². The lowest BCUT2D eigenvalue weighted by atomic mass is 10.1. The summed E-state index contributed by atoms with van der Waals surface area (Å²) in [6.45, 7) is 3.62. The first kappa shape index (κ1) is 15.6. The molecule has 1 atom stereocenters. The van der Waals surface area contributed by atoms with Crippen molar-refractivity contribution in [3.05, 3.63) is 24.3 Å². The van der Waals surface area contributed by atoms with Gasteiger partial charge < -0.3 is 5.32 Å². The molecule has 0 radical (unpaired) electrons. The first-order valence-corrected chi connectivity index (χ1v) is 7.26. The van der Waals surface area contributed by atoms with Gasteiger partial charge in [-0.3, -0.25) is 4.79 Å². The molecule has 0 unspecified atom stereocenters. The van der Waals surface area contributed by atoms with E-state index in [0.717, 1.165) is 12.1 Å². The highest BCUT2D eigenvalue weighted by Gasteiger charge is 2.26. The fourth-order valence-corrected chi connectivity index (χ4v) is 2.00. The van der Waals surface area contributed by atoms with E-state index in [9.17, 15) is 22.0 Å². The van der Waals surface area contributed by atoms with E-state index in [0.29, 0.717) is 12.1 Å². The summed E-state index contributed by atoms with van der Waals surface area (Å²) in [5.74, 6) is -3.83. The summed E-state index contributed by atoms with van der Waals surface area (Å²) < 4.78 is 47.0. The molecule has 0 fully saturated rings. The molecule has 0 bridgehead atoms. The van der Waals surface area contributed by atoms with Crippen LogP contribution in [0.4, 0.5) is 14.5 Å². The van der Waals surface area contributed by atoms with Crippen molar-refractivity contribution in [2.24, 2.45) is 5.92 Å². The summed E-state index contributed by atoms with van der Waals surface area (Å²) in [6, 6.07) is 4.67. The molecular weight excluding hydrogens is 276 g/mol. The van der Waals surface area contributed by atoms with Crippen molar-refractivity contribution in [2.45, 2.75) is 30.9 Å². The zero-order chi connectivity index (χ0) is 14.6. The van der Waals surface area contributed by atoms with Crippen LogP contribution in [0.1, 0.15) is 20.3 Å². The predicted molar refractivity (Wildman–Crippen MR) is 67.7 cm³/mol. The minimum Gasteiger partial charge on any atom is -0.326 e. The fraction of sp³-hybridized carbons (Fsp3) is 0.417. The Kier molecular flexibility index (Phi) is 4.99. The number of halogens is 2. The topological polar surface area (TPSA) is 63.2 Å². The van der Waals surface area contributed by atoms with E-state index in [4.69, 9.17) is 0 Å². The van der Waals surface area contributed by atoms with Gasteiger partial charge in [0, 0.05) is 11.6 Å². The second kappa shape index (κ2) is 6.10. The first-order valence-electron chi connectivity index (χ1n) is 5.72. The molecule has 0 heterocycles. The Labute approximate surface area is 110 Å². The van der Waals surface area contributed by atoms with E-state index in [1.165, 1.54) is 12.1 Å². The molecule has 7 heteroatoms. The smallest absolute Gasteiger partial charge is 0.326 e. The molecule has 0 aliphatic heterocycles. The molecule has 0 aliphatic rings. The molecule has 1 amide bonds. The van der Waals surface area contributed by atoms with Gasteiger partial charge in [0.1, 0.15) is 0 Å². The molecule has 4 nitrogen and oxygen atoms in total. The molecule has 1 aromatic rings. The van der Waals surface area contributed by atoms with Crippen LogP contribution in [0, 0.1) is 5.92 Å². The van der Waals surface area contributed by atoms with Crippen LogP contribution < -0.4 is 5.32 Å². The van der Waals surface area contributed by atoms with E-state index in [-0.39, 0.29) is 11.8 Å². The number of hydrogen-bond donors (Lipinski definition) is 1. The standard InChI is InChI=1S/C12H15F2NO3S/c1-3-8(2)11(16)15-9-4-6-10(7-5-9)19(17,18)12(13)14/h4-8,12H,3H2,1-2H3,(H,15,16)/t8-/m0/s1. The number of benzene rings is 1. The number of carbonyl (C=O) groups excluding carboxylic acids is 1. The van der Waals surface area contributed by atoms with Crippen molar-refractivity contribution in [2.75, 3.05) is 5.32 Å². The number of sulfone groups is 1. The van der Waals surface area contributed by atoms with E-state index < -0.39 is 20.5 Å². The average molecular weight is 291 g/mol. The molecule has 106 valence electrons. The van der Waals surface area contributed by atoms with Crippen molar-refractivity contribution in [3.8, 4) is 0 Å². The van der Waals surface area contributed by atoms with E-state index in [2.05, 4.69) is 5.32 Å². The second-order valence-electron chi connectivity index (χ2n) is 4.13. The Balaban J connectivity index is 2.86. The van der Waals surface area contributed by atoms with Crippen LogP contribution in [0.5, 0.6) is 0 Å². The fourth-order valence-electron chi connectivity index (χ4n) is 1.28. The Morgan fingerprint density at radius 1 is 1.26 bits per heavy atom. The summed E-state index contributed by atoms with van der Waals surface area (Å²) in [5, 5.41) is 2.58. The number of hydrogen-bond acceptors (Lipinski definition) is 3. The monoisotopic (exact) mass is 291 g/mol. The largest absolute Gasteiger partial charge is 0.341 e. The highest BCUT2D eigenvalue weighted by atomic mass is 32.2. The van der Waals surface area contributed by atoms with Gasteiger partial charge in [0.25, 0.3) is 0 Å². The maximum atomic E-state index is 12.3. The third-order valence-corrected chi connectivity index (χ3v) is 4.14. The van der Waals surface area contributed by atoms with Crippen LogP contribution >= 0.6 is 0 Å². The summed E-state index contributed by atoms with van der Waals surface area (Å²) in [7, 11) is -4.59. The van der Waals surface area contributed by atoms with Gasteiger partial charge in [-0.2, -0.15) is 8.78 Å². The summed E-state index contributed by atoms with van der Waals surface area (Å²) in [4.78, 5) is 11.1. The maximum Gasteiger partial charge on any atom is 0.341 e. The Morgan fingerprint density at radius 3 is 2.21 bits per heavy atom. The van der Waals surface area contributed by atoms with Gasteiger partial charge in [-0.25, -0.2) is 8.42 Å². The van der Waals surface area contributed by atoms with Crippen LogP contribution in [0.15, 0.2) is 29.2 Å². The minimum atomic E-state index is -4.59. The van der Waals surface area contributed by atoms with Crippen LogP contribution in [-0.4, -0.2) is 20.1 Å². The third kappa shape index (κ3) is 3.73. The van der Waals surface area contributed by atoms with Gasteiger partial charge in [0.2, 0.25) is 15.7 Å². The number of carbonyl (C=O) groups is 1. The highest BCUT2D eigenvalue weighted by molar-refractivity contribution is 7.91. The molecule has 1 aromatic carbocycles. The van der Waals surface area contributed by atoms with E-state index in [1.54, 1.807) is 6.92 Å². The zero-order valence-corrected chi connectivity index (χ0v) is 11.4.